The molecule has 2 aromatic carbocycles. The smallest absolute Gasteiger partial charge is 0.416 e. The molecule has 0 aliphatic heterocycles. The molecule has 2 aromatic rings. The molecular formula is C16H13BrF3NO4S. The van der Waals surface area contributed by atoms with Gasteiger partial charge in [0, 0.05) is 4.47 Å². The molecule has 0 aliphatic carbocycles. The first-order valence-corrected chi connectivity index (χ1v) is 9.42. The highest BCUT2D eigenvalue weighted by Crippen LogP contribution is 2.29. The number of sulfonamides is 1. The van der Waals surface area contributed by atoms with Crippen molar-refractivity contribution in [2.75, 3.05) is 6.54 Å². The van der Waals surface area contributed by atoms with Gasteiger partial charge in [0.1, 0.15) is 13.2 Å². The molecule has 0 aromatic heterocycles. The molecule has 0 saturated carbocycles. The highest BCUT2D eigenvalue weighted by molar-refractivity contribution is 9.10. The van der Waals surface area contributed by atoms with Crippen LogP contribution in [0.5, 0.6) is 0 Å². The number of benzene rings is 2. The van der Waals surface area contributed by atoms with Crippen LogP contribution < -0.4 is 4.72 Å². The third kappa shape index (κ3) is 5.82. The SMILES string of the molecule is O=C(CNS(=O)(=O)c1cccc(Br)c1)OCc1cccc(C(F)(F)F)c1. The Morgan fingerprint density at radius 3 is 2.46 bits per heavy atom. The van der Waals surface area contributed by atoms with E-state index in [0.29, 0.717) is 4.47 Å². The number of rotatable bonds is 6. The number of esters is 1. The lowest BCUT2D eigenvalue weighted by atomic mass is 10.1. The lowest BCUT2D eigenvalue weighted by molar-refractivity contribution is -0.143. The summed E-state index contributed by atoms with van der Waals surface area (Å²) in [5.41, 5.74) is -0.718. The summed E-state index contributed by atoms with van der Waals surface area (Å²) in [6.45, 7) is -1.05. The summed E-state index contributed by atoms with van der Waals surface area (Å²) in [4.78, 5) is 11.6. The van der Waals surface area contributed by atoms with Crippen molar-refractivity contribution >= 4 is 31.9 Å². The topological polar surface area (TPSA) is 72.5 Å². The van der Waals surface area contributed by atoms with Gasteiger partial charge in [-0.25, -0.2) is 8.42 Å². The number of halogens is 4. The summed E-state index contributed by atoms with van der Waals surface area (Å²) in [6.07, 6.45) is -4.50. The minimum absolute atomic E-state index is 0.0439. The standard InChI is InChI=1S/C16H13BrF3NO4S/c17-13-5-2-6-14(8-13)26(23,24)21-9-15(22)25-10-11-3-1-4-12(7-11)16(18,19)20/h1-8,21H,9-10H2. The van der Waals surface area contributed by atoms with Crippen LogP contribution in [0.15, 0.2) is 57.9 Å². The molecule has 5 nitrogen and oxygen atoms in total. The van der Waals surface area contributed by atoms with Crippen molar-refractivity contribution in [2.24, 2.45) is 0 Å². The third-order valence-electron chi connectivity index (χ3n) is 3.17. The van der Waals surface area contributed by atoms with Gasteiger partial charge in [0.05, 0.1) is 10.5 Å². The second kappa shape index (κ2) is 8.19. The molecule has 1 N–H and O–H groups in total. The fourth-order valence-corrected chi connectivity index (χ4v) is 3.49. The lowest BCUT2D eigenvalue weighted by Gasteiger charge is -2.10. The van der Waals surface area contributed by atoms with Gasteiger partial charge in [-0.3, -0.25) is 4.79 Å². The predicted octanol–water partition coefficient (Wildman–Crippen LogP) is 3.49. The first-order chi connectivity index (χ1) is 12.1. The van der Waals surface area contributed by atoms with E-state index < -0.39 is 40.9 Å². The normalized spacial score (nSPS) is 12.0. The fourth-order valence-electron chi connectivity index (χ4n) is 1.92. The van der Waals surface area contributed by atoms with E-state index in [1.807, 2.05) is 0 Å². The number of carbonyl (C=O) groups is 1. The zero-order valence-electron chi connectivity index (χ0n) is 13.1. The molecule has 0 amide bonds. The monoisotopic (exact) mass is 451 g/mol. The summed E-state index contributed by atoms with van der Waals surface area (Å²) in [5, 5.41) is 0. The summed E-state index contributed by atoms with van der Waals surface area (Å²) >= 11 is 3.14. The van der Waals surface area contributed by atoms with Gasteiger partial charge in [-0.15, -0.1) is 0 Å². The van der Waals surface area contributed by atoms with E-state index >= 15 is 0 Å². The molecule has 0 heterocycles. The fraction of sp³-hybridized carbons (Fsp3) is 0.188. The van der Waals surface area contributed by atoms with Gasteiger partial charge in [-0.2, -0.15) is 17.9 Å². The van der Waals surface area contributed by atoms with Crippen molar-refractivity contribution < 1.29 is 31.1 Å². The number of alkyl halides is 3. The Bertz CT molecular complexity index is 900. The van der Waals surface area contributed by atoms with Crippen molar-refractivity contribution in [2.45, 2.75) is 17.7 Å². The Hall–Kier alpha value is -1.91. The van der Waals surface area contributed by atoms with Crippen molar-refractivity contribution in [1.82, 2.24) is 4.72 Å². The van der Waals surface area contributed by atoms with Gasteiger partial charge in [-0.05, 0) is 35.9 Å². The van der Waals surface area contributed by atoms with Crippen LogP contribution in [-0.4, -0.2) is 20.9 Å². The van der Waals surface area contributed by atoms with E-state index in [2.05, 4.69) is 20.7 Å². The molecule has 0 spiro atoms. The first-order valence-electron chi connectivity index (χ1n) is 7.15. The number of ether oxygens (including phenoxy) is 1. The molecule has 0 bridgehead atoms. The van der Waals surface area contributed by atoms with Crippen LogP contribution in [-0.2, 0) is 32.3 Å². The highest BCUT2D eigenvalue weighted by Gasteiger charge is 2.30. The number of nitrogens with one attached hydrogen (secondary N) is 1. The zero-order chi connectivity index (χ0) is 19.4. The van der Waals surface area contributed by atoms with Crippen LogP contribution in [0.1, 0.15) is 11.1 Å². The Labute approximate surface area is 156 Å². The number of hydrogen-bond acceptors (Lipinski definition) is 4. The second-order valence-electron chi connectivity index (χ2n) is 5.14. The van der Waals surface area contributed by atoms with Crippen LogP contribution in [0, 0.1) is 0 Å². The van der Waals surface area contributed by atoms with Crippen LogP contribution in [0.2, 0.25) is 0 Å². The molecule has 0 radical (unpaired) electrons. The molecule has 0 saturated heterocycles. The van der Waals surface area contributed by atoms with Crippen LogP contribution >= 0.6 is 15.9 Å². The Kier molecular flexibility index (Phi) is 6.43. The van der Waals surface area contributed by atoms with Crippen molar-refractivity contribution in [3.63, 3.8) is 0 Å². The van der Waals surface area contributed by atoms with Gasteiger partial charge in [0.25, 0.3) is 0 Å². The summed E-state index contributed by atoms with van der Waals surface area (Å²) < 4.78 is 69.4. The van der Waals surface area contributed by atoms with Gasteiger partial charge in [0.2, 0.25) is 10.0 Å². The van der Waals surface area contributed by atoms with E-state index in [1.54, 1.807) is 6.07 Å². The number of carbonyl (C=O) groups excluding carboxylic acids is 1. The highest BCUT2D eigenvalue weighted by atomic mass is 79.9. The quantitative estimate of drug-likeness (QED) is 0.682. The minimum Gasteiger partial charge on any atom is -0.460 e. The Balaban J connectivity index is 1.92. The van der Waals surface area contributed by atoms with E-state index in [0.717, 1.165) is 12.1 Å². The van der Waals surface area contributed by atoms with E-state index in [-0.39, 0.29) is 10.5 Å². The van der Waals surface area contributed by atoms with Crippen LogP contribution in [0.25, 0.3) is 0 Å². The van der Waals surface area contributed by atoms with E-state index in [9.17, 15) is 26.4 Å². The summed E-state index contributed by atoms with van der Waals surface area (Å²) in [6, 6.07) is 10.2. The molecule has 0 unspecified atom stereocenters. The van der Waals surface area contributed by atoms with Gasteiger partial charge >= 0.3 is 12.1 Å². The maximum absolute atomic E-state index is 12.6. The zero-order valence-corrected chi connectivity index (χ0v) is 15.5. The first kappa shape index (κ1) is 20.4. The average molecular weight is 452 g/mol. The maximum atomic E-state index is 12.6. The maximum Gasteiger partial charge on any atom is 0.416 e. The molecule has 0 atom stereocenters. The lowest BCUT2D eigenvalue weighted by Crippen LogP contribution is -2.30. The molecule has 10 heteroatoms. The van der Waals surface area contributed by atoms with Gasteiger partial charge in [0.15, 0.2) is 0 Å². The molecule has 2 rings (SSSR count). The Morgan fingerprint density at radius 2 is 1.81 bits per heavy atom. The molecule has 26 heavy (non-hydrogen) atoms. The molecule has 140 valence electrons. The summed E-state index contributed by atoms with van der Waals surface area (Å²) in [7, 11) is -3.92. The second-order valence-corrected chi connectivity index (χ2v) is 7.82. The Morgan fingerprint density at radius 1 is 1.12 bits per heavy atom. The van der Waals surface area contributed by atoms with Crippen molar-refractivity contribution in [3.8, 4) is 0 Å². The van der Waals surface area contributed by atoms with Gasteiger partial charge in [-0.1, -0.05) is 34.1 Å². The number of hydrogen-bond donors (Lipinski definition) is 1. The predicted molar refractivity (Wildman–Crippen MR) is 90.6 cm³/mol. The molecule has 0 fully saturated rings. The van der Waals surface area contributed by atoms with Crippen molar-refractivity contribution in [1.29, 1.82) is 0 Å². The molecular weight excluding hydrogens is 439 g/mol. The average Bonchev–Trinajstić information content (AvgIpc) is 2.58. The third-order valence-corrected chi connectivity index (χ3v) is 5.06. The van der Waals surface area contributed by atoms with Crippen LogP contribution in [0.4, 0.5) is 13.2 Å². The van der Waals surface area contributed by atoms with E-state index in [1.165, 1.54) is 30.3 Å². The van der Waals surface area contributed by atoms with Gasteiger partial charge < -0.3 is 4.74 Å². The summed E-state index contributed by atoms with van der Waals surface area (Å²) in [5.74, 6) is -0.916. The van der Waals surface area contributed by atoms with E-state index in [4.69, 9.17) is 4.74 Å². The molecule has 0 aliphatic rings. The minimum atomic E-state index is -4.50. The largest absolute Gasteiger partial charge is 0.460 e. The van der Waals surface area contributed by atoms with Crippen LogP contribution in [0.3, 0.4) is 0 Å². The van der Waals surface area contributed by atoms with Crippen molar-refractivity contribution in [3.05, 3.63) is 64.1 Å².